The molecule has 0 fully saturated rings. The van der Waals surface area contributed by atoms with Crippen molar-refractivity contribution in [3.63, 3.8) is 0 Å². The van der Waals surface area contributed by atoms with Crippen LogP contribution < -0.4 is 0 Å². The van der Waals surface area contributed by atoms with Gasteiger partial charge in [-0.05, 0) is 0 Å². The van der Waals surface area contributed by atoms with E-state index < -0.39 is 21.0 Å². The van der Waals surface area contributed by atoms with Crippen molar-refractivity contribution in [1.29, 1.82) is 0 Å². The van der Waals surface area contributed by atoms with Gasteiger partial charge in [0.1, 0.15) is 12.7 Å². The Morgan fingerprint density at radius 1 is 1.70 bits per heavy atom. The molecule has 2 unspecified atom stereocenters. The summed E-state index contributed by atoms with van der Waals surface area (Å²) in [6, 6.07) is 0. The third kappa shape index (κ3) is 4.78. The van der Waals surface area contributed by atoms with Crippen molar-refractivity contribution in [2.75, 3.05) is 20.3 Å². The highest BCUT2D eigenvalue weighted by molar-refractivity contribution is 7.33. The molecule has 0 aliphatic heterocycles. The molecule has 60 valence electrons. The number of hydrogen-bond donors (Lipinski definition) is 2. The molecule has 6 heteroatoms. The largest absolute Gasteiger partial charge is 0.697 e. The van der Waals surface area contributed by atoms with Crippen molar-refractivity contribution in [2.24, 2.45) is 0 Å². The Morgan fingerprint density at radius 3 is 2.70 bits per heavy atom. The summed E-state index contributed by atoms with van der Waals surface area (Å²) in [6.45, 7) is -0.591. The van der Waals surface area contributed by atoms with E-state index in [9.17, 15) is 4.57 Å². The zero-order chi connectivity index (χ0) is 7.98. The standard InChI is InChI=1S/C4H10O5P/c1-8-10(7)9-3-4(6)2-5/h4-6H,2-3H2,1H3/q+1. The lowest BCUT2D eigenvalue weighted by Crippen LogP contribution is -2.17. The Morgan fingerprint density at radius 2 is 2.30 bits per heavy atom. The zero-order valence-corrected chi connectivity index (χ0v) is 6.45. The summed E-state index contributed by atoms with van der Waals surface area (Å²) in [6.07, 6.45) is -0.992. The number of aliphatic hydroxyl groups excluding tert-OH is 2. The van der Waals surface area contributed by atoms with Crippen LogP contribution in [0.5, 0.6) is 0 Å². The van der Waals surface area contributed by atoms with Gasteiger partial charge in [-0.3, -0.25) is 0 Å². The lowest BCUT2D eigenvalue weighted by Gasteiger charge is -1.98. The van der Waals surface area contributed by atoms with Gasteiger partial charge < -0.3 is 10.2 Å². The molecule has 2 N–H and O–H groups in total. The fraction of sp³-hybridized carbons (Fsp3) is 1.00. The first kappa shape index (κ1) is 9.94. The lowest BCUT2D eigenvalue weighted by atomic mass is 10.4. The molecule has 0 aliphatic carbocycles. The second-order valence-electron chi connectivity index (χ2n) is 1.54. The third-order valence-electron chi connectivity index (χ3n) is 0.732. The van der Waals surface area contributed by atoms with Gasteiger partial charge in [-0.25, -0.2) is 0 Å². The lowest BCUT2D eigenvalue weighted by molar-refractivity contribution is 0.0512. The fourth-order valence-electron chi connectivity index (χ4n) is 0.252. The van der Waals surface area contributed by atoms with Crippen molar-refractivity contribution >= 4 is 8.25 Å². The Kier molecular flexibility index (Phi) is 5.67. The van der Waals surface area contributed by atoms with Crippen molar-refractivity contribution in [1.82, 2.24) is 0 Å². The van der Waals surface area contributed by atoms with E-state index in [-0.39, 0.29) is 6.61 Å². The van der Waals surface area contributed by atoms with Crippen LogP contribution in [0.15, 0.2) is 0 Å². The van der Waals surface area contributed by atoms with Gasteiger partial charge in [0.25, 0.3) is 0 Å². The van der Waals surface area contributed by atoms with Crippen LogP contribution in [0.4, 0.5) is 0 Å². The Balaban J connectivity index is 3.26. The van der Waals surface area contributed by atoms with Crippen LogP contribution in [0.3, 0.4) is 0 Å². The second kappa shape index (κ2) is 5.70. The number of hydrogen-bond acceptors (Lipinski definition) is 5. The van der Waals surface area contributed by atoms with Gasteiger partial charge >= 0.3 is 8.25 Å². The van der Waals surface area contributed by atoms with E-state index in [1.54, 1.807) is 0 Å². The molecule has 0 rings (SSSR count). The van der Waals surface area contributed by atoms with Gasteiger partial charge in [0, 0.05) is 4.57 Å². The fourth-order valence-corrected chi connectivity index (χ4v) is 0.652. The van der Waals surface area contributed by atoms with E-state index in [1.165, 1.54) is 7.11 Å². The summed E-state index contributed by atoms with van der Waals surface area (Å²) in [7, 11) is -0.911. The second-order valence-corrected chi connectivity index (χ2v) is 2.61. The van der Waals surface area contributed by atoms with Gasteiger partial charge in [0.05, 0.1) is 13.7 Å². The average molecular weight is 169 g/mol. The molecule has 5 nitrogen and oxygen atoms in total. The SMILES string of the molecule is CO[P+](=O)OCC(O)CO. The van der Waals surface area contributed by atoms with E-state index in [2.05, 4.69) is 9.05 Å². The predicted molar refractivity (Wildman–Crippen MR) is 33.7 cm³/mol. The van der Waals surface area contributed by atoms with E-state index in [1.807, 2.05) is 0 Å². The number of rotatable bonds is 5. The summed E-state index contributed by atoms with van der Waals surface area (Å²) < 4.78 is 19.0. The van der Waals surface area contributed by atoms with Gasteiger partial charge in [-0.2, -0.15) is 0 Å². The monoisotopic (exact) mass is 169 g/mol. The van der Waals surface area contributed by atoms with Crippen LogP contribution in [-0.2, 0) is 13.6 Å². The minimum atomic E-state index is -2.14. The molecule has 10 heavy (non-hydrogen) atoms. The molecule has 0 saturated carbocycles. The highest BCUT2D eigenvalue weighted by Crippen LogP contribution is 2.21. The normalized spacial score (nSPS) is 14.9. The highest BCUT2D eigenvalue weighted by Gasteiger charge is 2.18. The van der Waals surface area contributed by atoms with Crippen LogP contribution in [0.2, 0.25) is 0 Å². The molecule has 0 spiro atoms. The molecule has 0 heterocycles. The van der Waals surface area contributed by atoms with E-state index >= 15 is 0 Å². The Bertz CT molecular complexity index is 106. The van der Waals surface area contributed by atoms with Crippen LogP contribution in [-0.4, -0.2) is 36.6 Å². The van der Waals surface area contributed by atoms with Crippen molar-refractivity contribution in [2.45, 2.75) is 6.10 Å². The Hall–Kier alpha value is -0.0600. The third-order valence-corrected chi connectivity index (χ3v) is 1.39. The zero-order valence-electron chi connectivity index (χ0n) is 5.56. The molecular weight excluding hydrogens is 159 g/mol. The van der Waals surface area contributed by atoms with Gasteiger partial charge in [-0.15, -0.1) is 9.05 Å². The van der Waals surface area contributed by atoms with E-state index in [0.717, 1.165) is 0 Å². The van der Waals surface area contributed by atoms with Crippen LogP contribution in [0.25, 0.3) is 0 Å². The van der Waals surface area contributed by atoms with E-state index in [0.29, 0.717) is 0 Å². The van der Waals surface area contributed by atoms with Crippen molar-refractivity contribution < 1.29 is 23.8 Å². The molecule has 0 aromatic rings. The molecule has 0 aromatic carbocycles. The summed E-state index contributed by atoms with van der Waals surface area (Å²) in [5.41, 5.74) is 0. The number of aliphatic hydroxyl groups is 2. The van der Waals surface area contributed by atoms with Gasteiger partial charge in [0.15, 0.2) is 0 Å². The maximum absolute atomic E-state index is 10.3. The summed E-state index contributed by atoms with van der Waals surface area (Å²) in [5.74, 6) is 0. The molecule has 0 saturated heterocycles. The van der Waals surface area contributed by atoms with Crippen LogP contribution >= 0.6 is 8.25 Å². The molecule has 0 aliphatic rings. The van der Waals surface area contributed by atoms with E-state index in [4.69, 9.17) is 10.2 Å². The van der Waals surface area contributed by atoms with Crippen LogP contribution in [0, 0.1) is 0 Å². The molecule has 2 atom stereocenters. The van der Waals surface area contributed by atoms with Gasteiger partial charge in [0.2, 0.25) is 0 Å². The summed E-state index contributed by atoms with van der Waals surface area (Å²) in [4.78, 5) is 0. The Labute approximate surface area is 59.5 Å². The molecule has 0 radical (unpaired) electrons. The first-order valence-corrected chi connectivity index (χ1v) is 3.73. The average Bonchev–Trinajstić information content (AvgIpc) is 1.99. The smallest absolute Gasteiger partial charge is 0.394 e. The van der Waals surface area contributed by atoms with Crippen LogP contribution in [0.1, 0.15) is 0 Å². The molecule has 0 bridgehead atoms. The maximum Gasteiger partial charge on any atom is 0.697 e. The predicted octanol–water partition coefficient (Wildman–Crippen LogP) is -0.340. The quantitative estimate of drug-likeness (QED) is 0.550. The first-order chi connectivity index (χ1) is 4.70. The summed E-state index contributed by atoms with van der Waals surface area (Å²) in [5, 5.41) is 16.9. The molecular formula is C4H10O5P+. The molecule has 0 aromatic heterocycles. The minimum Gasteiger partial charge on any atom is -0.394 e. The van der Waals surface area contributed by atoms with Crippen molar-refractivity contribution in [3.05, 3.63) is 0 Å². The topological polar surface area (TPSA) is 76.0 Å². The minimum absolute atomic E-state index is 0.181. The first-order valence-electron chi connectivity index (χ1n) is 2.64. The van der Waals surface area contributed by atoms with Crippen molar-refractivity contribution in [3.8, 4) is 0 Å². The summed E-state index contributed by atoms with van der Waals surface area (Å²) >= 11 is 0. The molecule has 0 amide bonds. The highest BCUT2D eigenvalue weighted by atomic mass is 31.1. The maximum atomic E-state index is 10.3. The van der Waals surface area contributed by atoms with Gasteiger partial charge in [-0.1, -0.05) is 0 Å².